The van der Waals surface area contributed by atoms with Gasteiger partial charge in [0.2, 0.25) is 5.91 Å². The van der Waals surface area contributed by atoms with Gasteiger partial charge in [0.1, 0.15) is 10.1 Å². The van der Waals surface area contributed by atoms with Crippen molar-refractivity contribution in [3.8, 4) is 0 Å². The molecule has 0 aliphatic carbocycles. The Labute approximate surface area is 161 Å². The van der Waals surface area contributed by atoms with E-state index < -0.39 is 0 Å². The molecule has 6 heteroatoms. The highest BCUT2D eigenvalue weighted by Gasteiger charge is 2.13. The molecule has 3 aromatic rings. The Morgan fingerprint density at radius 3 is 2.27 bits per heavy atom. The van der Waals surface area contributed by atoms with Crippen LogP contribution in [0.3, 0.4) is 0 Å². The van der Waals surface area contributed by atoms with Gasteiger partial charge in [-0.1, -0.05) is 72.1 Å². The number of thioether (sulfide) groups is 1. The Morgan fingerprint density at radius 2 is 1.58 bits per heavy atom. The summed E-state index contributed by atoms with van der Waals surface area (Å²) in [7, 11) is 0. The Bertz CT molecular complexity index is 844. The predicted molar refractivity (Wildman–Crippen MR) is 106 cm³/mol. The van der Waals surface area contributed by atoms with Gasteiger partial charge in [-0.2, -0.15) is 0 Å². The molecule has 1 aromatic heterocycles. The van der Waals surface area contributed by atoms with Crippen LogP contribution in [0.25, 0.3) is 0 Å². The van der Waals surface area contributed by atoms with Crippen LogP contribution in [0, 0.1) is 0 Å². The van der Waals surface area contributed by atoms with Crippen molar-refractivity contribution >= 4 is 29.4 Å². The van der Waals surface area contributed by atoms with E-state index in [9.17, 15) is 4.79 Å². The Kier molecular flexibility index (Phi) is 6.68. The second-order valence-electron chi connectivity index (χ2n) is 5.57. The summed E-state index contributed by atoms with van der Waals surface area (Å²) in [4.78, 5) is 22.2. The number of nitrogens with zero attached hydrogens (tertiary/aromatic N) is 2. The lowest BCUT2D eigenvalue weighted by Crippen LogP contribution is -2.28. The van der Waals surface area contributed by atoms with Crippen LogP contribution >= 0.6 is 23.5 Å². The third-order valence-electron chi connectivity index (χ3n) is 3.61. The fraction of sp³-hybridized carbons (Fsp3) is 0.150. The molecule has 0 saturated carbocycles. The quantitative estimate of drug-likeness (QED) is 0.606. The largest absolute Gasteiger partial charge is 0.349 e. The fourth-order valence-electron chi connectivity index (χ4n) is 2.32. The Hall–Kier alpha value is -2.31. The molecule has 0 spiro atoms. The van der Waals surface area contributed by atoms with E-state index in [0.717, 1.165) is 20.5 Å². The second kappa shape index (κ2) is 9.40. The van der Waals surface area contributed by atoms with Crippen molar-refractivity contribution in [1.82, 2.24) is 15.3 Å². The van der Waals surface area contributed by atoms with Gasteiger partial charge >= 0.3 is 0 Å². The summed E-state index contributed by atoms with van der Waals surface area (Å²) < 4.78 is 0. The van der Waals surface area contributed by atoms with Gasteiger partial charge < -0.3 is 5.32 Å². The van der Waals surface area contributed by atoms with Gasteiger partial charge in [-0.05, 0) is 24.6 Å². The fourth-order valence-corrected chi connectivity index (χ4v) is 4.06. The van der Waals surface area contributed by atoms with Crippen LogP contribution in [-0.4, -0.2) is 21.6 Å². The van der Waals surface area contributed by atoms with Crippen molar-refractivity contribution < 1.29 is 4.79 Å². The van der Waals surface area contributed by atoms with E-state index in [0.29, 0.717) is 5.75 Å². The first-order chi connectivity index (χ1) is 12.7. The predicted octanol–water partition coefficient (Wildman–Crippen LogP) is 4.60. The van der Waals surface area contributed by atoms with E-state index in [1.54, 1.807) is 24.2 Å². The monoisotopic (exact) mass is 381 g/mol. The highest BCUT2D eigenvalue weighted by Crippen LogP contribution is 2.32. The van der Waals surface area contributed by atoms with Crippen molar-refractivity contribution in [2.75, 3.05) is 5.75 Å². The standard InChI is InChI=1S/C20H19N3OS2/c1-15(16-8-4-2-5-9-16)23-18(24)14-25-19-20(22-13-12-21-19)26-17-10-6-3-7-11-17/h2-13,15H,14H2,1H3,(H,23,24)/t15-/m0/s1. The van der Waals surface area contributed by atoms with Crippen LogP contribution in [0.4, 0.5) is 0 Å². The summed E-state index contributed by atoms with van der Waals surface area (Å²) in [5.41, 5.74) is 1.09. The molecule has 0 fully saturated rings. The molecular formula is C20H19N3OS2. The average molecular weight is 382 g/mol. The maximum atomic E-state index is 12.3. The van der Waals surface area contributed by atoms with Crippen LogP contribution in [-0.2, 0) is 4.79 Å². The number of carbonyl (C=O) groups excluding carboxylic acids is 1. The average Bonchev–Trinajstić information content (AvgIpc) is 2.69. The molecule has 4 nitrogen and oxygen atoms in total. The van der Waals surface area contributed by atoms with E-state index in [1.807, 2.05) is 67.6 Å². The van der Waals surface area contributed by atoms with Crippen molar-refractivity contribution in [3.05, 3.63) is 78.6 Å². The first-order valence-corrected chi connectivity index (χ1v) is 10.0. The minimum absolute atomic E-state index is 0.0207. The van der Waals surface area contributed by atoms with E-state index in [-0.39, 0.29) is 11.9 Å². The van der Waals surface area contributed by atoms with Crippen molar-refractivity contribution in [2.45, 2.75) is 27.9 Å². The zero-order valence-corrected chi connectivity index (χ0v) is 16.0. The van der Waals surface area contributed by atoms with Crippen LogP contribution in [0.5, 0.6) is 0 Å². The summed E-state index contributed by atoms with van der Waals surface area (Å²) >= 11 is 2.96. The maximum Gasteiger partial charge on any atom is 0.230 e. The molecule has 26 heavy (non-hydrogen) atoms. The van der Waals surface area contributed by atoms with Gasteiger partial charge in [0.25, 0.3) is 0 Å². The molecule has 0 aliphatic rings. The SMILES string of the molecule is C[C@H](NC(=O)CSc1nccnc1Sc1ccccc1)c1ccccc1. The van der Waals surface area contributed by atoms with Crippen LogP contribution < -0.4 is 5.32 Å². The first kappa shape index (κ1) is 18.5. The van der Waals surface area contributed by atoms with Crippen LogP contribution in [0.2, 0.25) is 0 Å². The molecule has 1 amide bonds. The third kappa shape index (κ3) is 5.34. The smallest absolute Gasteiger partial charge is 0.230 e. The summed E-state index contributed by atoms with van der Waals surface area (Å²) in [5, 5.41) is 4.60. The van der Waals surface area contributed by atoms with E-state index in [1.165, 1.54) is 11.8 Å². The zero-order valence-electron chi connectivity index (χ0n) is 14.3. The Morgan fingerprint density at radius 1 is 0.962 bits per heavy atom. The third-order valence-corrected chi connectivity index (χ3v) is 5.72. The molecular weight excluding hydrogens is 362 g/mol. The zero-order chi connectivity index (χ0) is 18.2. The molecule has 0 unspecified atom stereocenters. The van der Waals surface area contributed by atoms with E-state index in [2.05, 4.69) is 15.3 Å². The van der Waals surface area contributed by atoms with Crippen molar-refractivity contribution in [3.63, 3.8) is 0 Å². The first-order valence-electron chi connectivity index (χ1n) is 8.23. The molecule has 0 bridgehead atoms. The summed E-state index contributed by atoms with van der Waals surface area (Å²) in [6.45, 7) is 1.98. The van der Waals surface area contributed by atoms with Gasteiger partial charge in [-0.3, -0.25) is 4.79 Å². The molecule has 132 valence electrons. The molecule has 0 saturated heterocycles. The number of amides is 1. The maximum absolute atomic E-state index is 12.3. The summed E-state index contributed by atoms with van der Waals surface area (Å²) in [5.74, 6) is 0.283. The molecule has 1 heterocycles. The number of hydrogen-bond donors (Lipinski definition) is 1. The number of benzene rings is 2. The number of hydrogen-bond acceptors (Lipinski definition) is 5. The lowest BCUT2D eigenvalue weighted by molar-refractivity contribution is -0.119. The summed E-state index contributed by atoms with van der Waals surface area (Å²) in [6, 6.07) is 19.9. The topological polar surface area (TPSA) is 54.9 Å². The molecule has 1 atom stereocenters. The van der Waals surface area contributed by atoms with Crippen molar-refractivity contribution in [2.24, 2.45) is 0 Å². The van der Waals surface area contributed by atoms with Crippen LogP contribution in [0.1, 0.15) is 18.5 Å². The van der Waals surface area contributed by atoms with E-state index in [4.69, 9.17) is 0 Å². The number of nitrogens with one attached hydrogen (secondary N) is 1. The molecule has 0 aliphatic heterocycles. The van der Waals surface area contributed by atoms with Gasteiger partial charge in [-0.25, -0.2) is 9.97 Å². The van der Waals surface area contributed by atoms with Gasteiger partial charge in [-0.15, -0.1) is 0 Å². The highest BCUT2D eigenvalue weighted by atomic mass is 32.2. The number of carbonyl (C=O) groups is 1. The highest BCUT2D eigenvalue weighted by molar-refractivity contribution is 8.02. The lowest BCUT2D eigenvalue weighted by Gasteiger charge is -2.14. The summed E-state index contributed by atoms with van der Waals surface area (Å²) in [6.07, 6.45) is 3.33. The molecule has 1 N–H and O–H groups in total. The molecule has 3 rings (SSSR count). The number of aromatic nitrogens is 2. The van der Waals surface area contributed by atoms with Gasteiger partial charge in [0, 0.05) is 17.3 Å². The van der Waals surface area contributed by atoms with Crippen LogP contribution in [0.15, 0.2) is 88.0 Å². The molecule has 2 aromatic carbocycles. The molecule has 0 radical (unpaired) electrons. The minimum Gasteiger partial charge on any atom is -0.349 e. The Balaban J connectivity index is 1.58. The van der Waals surface area contributed by atoms with E-state index >= 15 is 0 Å². The van der Waals surface area contributed by atoms with Gasteiger partial charge in [0.05, 0.1) is 11.8 Å². The lowest BCUT2D eigenvalue weighted by atomic mass is 10.1. The number of rotatable bonds is 7. The second-order valence-corrected chi connectivity index (χ2v) is 7.60. The van der Waals surface area contributed by atoms with Gasteiger partial charge in [0.15, 0.2) is 0 Å². The minimum atomic E-state index is -0.0238. The van der Waals surface area contributed by atoms with Crippen molar-refractivity contribution in [1.29, 1.82) is 0 Å². The normalized spacial score (nSPS) is 11.7.